The highest BCUT2D eigenvalue weighted by Gasteiger charge is 2.36. The van der Waals surface area contributed by atoms with Crippen molar-refractivity contribution in [2.45, 2.75) is 25.7 Å². The molecule has 1 aliphatic heterocycles. The molecule has 3 aromatic rings. The summed E-state index contributed by atoms with van der Waals surface area (Å²) in [5.41, 5.74) is 3.95. The minimum Gasteiger partial charge on any atom is -0.355 e. The first-order valence-electron chi connectivity index (χ1n) is 10.5. The van der Waals surface area contributed by atoms with Crippen LogP contribution in [0.2, 0.25) is 0 Å². The Hall–Kier alpha value is -3.08. The van der Waals surface area contributed by atoms with Crippen LogP contribution < -0.4 is 5.32 Å². The largest absolute Gasteiger partial charge is 0.355 e. The van der Waals surface area contributed by atoms with E-state index in [0.717, 1.165) is 54.7 Å². The smallest absolute Gasteiger partial charge is 0.229 e. The second-order valence-electron chi connectivity index (χ2n) is 8.24. The molecule has 0 bridgehead atoms. The Bertz CT molecular complexity index is 1030. The van der Waals surface area contributed by atoms with E-state index in [4.69, 9.17) is 0 Å². The lowest BCUT2D eigenvalue weighted by Crippen LogP contribution is -2.44. The van der Waals surface area contributed by atoms with Crippen molar-refractivity contribution in [3.63, 3.8) is 0 Å². The number of fused-ring (bicyclic) bond motifs is 1. The first-order valence-corrected chi connectivity index (χ1v) is 10.5. The van der Waals surface area contributed by atoms with Gasteiger partial charge in [0.2, 0.25) is 11.8 Å². The van der Waals surface area contributed by atoms with Gasteiger partial charge in [0.15, 0.2) is 0 Å². The number of hydrogen-bond donors (Lipinski definition) is 2. The molecule has 0 unspecified atom stereocenters. The molecule has 2 N–H and O–H groups in total. The van der Waals surface area contributed by atoms with Crippen molar-refractivity contribution in [3.8, 4) is 11.3 Å². The number of carbonyl (C=O) groups excluding carboxylic acids is 2. The lowest BCUT2D eigenvalue weighted by atomic mass is 9.96. The Morgan fingerprint density at radius 2 is 1.83 bits per heavy atom. The van der Waals surface area contributed by atoms with Gasteiger partial charge in [0.1, 0.15) is 0 Å². The third kappa shape index (κ3) is 3.77. The average molecular weight is 387 g/mol. The first kappa shape index (κ1) is 18.0. The van der Waals surface area contributed by atoms with Crippen molar-refractivity contribution in [2.24, 2.45) is 11.8 Å². The van der Waals surface area contributed by atoms with Gasteiger partial charge in [-0.25, -0.2) is 0 Å². The van der Waals surface area contributed by atoms with E-state index in [1.807, 2.05) is 41.3 Å². The SMILES string of the molecule is O=C(Nc1cccc(-c2cc3ccccc3[nH]2)c1)[C@H]1CCCN(C(=O)C2CC2)C1. The number of para-hydroxylation sites is 1. The summed E-state index contributed by atoms with van der Waals surface area (Å²) in [4.78, 5) is 30.5. The van der Waals surface area contributed by atoms with Gasteiger partial charge < -0.3 is 15.2 Å². The standard InChI is InChI=1S/C24H25N3O2/c28-23(19-7-4-12-27(15-19)24(29)16-10-11-16)25-20-8-3-6-17(13-20)22-14-18-5-1-2-9-21(18)26-22/h1-3,5-6,8-9,13-14,16,19,26H,4,7,10-12,15H2,(H,25,28)/t19-/m0/s1. The summed E-state index contributed by atoms with van der Waals surface area (Å²) in [6.45, 7) is 1.33. The van der Waals surface area contributed by atoms with Crippen LogP contribution in [-0.2, 0) is 9.59 Å². The fourth-order valence-electron chi connectivity index (χ4n) is 4.22. The predicted octanol–water partition coefficient (Wildman–Crippen LogP) is 4.42. The van der Waals surface area contributed by atoms with Crippen LogP contribution in [-0.4, -0.2) is 34.8 Å². The maximum Gasteiger partial charge on any atom is 0.229 e. The molecule has 1 atom stereocenters. The van der Waals surface area contributed by atoms with Gasteiger partial charge in [-0.3, -0.25) is 9.59 Å². The molecule has 148 valence electrons. The molecule has 1 aromatic heterocycles. The van der Waals surface area contributed by atoms with Gasteiger partial charge in [-0.2, -0.15) is 0 Å². The molecule has 1 saturated carbocycles. The van der Waals surface area contributed by atoms with Gasteiger partial charge in [0, 0.05) is 46.9 Å². The molecule has 29 heavy (non-hydrogen) atoms. The Labute approximate surface area is 170 Å². The summed E-state index contributed by atoms with van der Waals surface area (Å²) in [6, 6.07) is 18.2. The molecule has 1 aliphatic carbocycles. The number of hydrogen-bond acceptors (Lipinski definition) is 2. The number of amides is 2. The highest BCUT2D eigenvalue weighted by atomic mass is 16.2. The number of benzene rings is 2. The van der Waals surface area contributed by atoms with Gasteiger partial charge in [0.05, 0.1) is 5.92 Å². The van der Waals surface area contributed by atoms with Crippen molar-refractivity contribution in [3.05, 3.63) is 54.6 Å². The molecule has 2 aliphatic rings. The predicted molar refractivity (Wildman–Crippen MR) is 114 cm³/mol. The van der Waals surface area contributed by atoms with Crippen molar-refractivity contribution in [1.82, 2.24) is 9.88 Å². The first-order chi connectivity index (χ1) is 14.2. The van der Waals surface area contributed by atoms with E-state index in [9.17, 15) is 9.59 Å². The molecular formula is C24H25N3O2. The van der Waals surface area contributed by atoms with Crippen LogP contribution in [0, 0.1) is 11.8 Å². The molecule has 2 heterocycles. The van der Waals surface area contributed by atoms with Crippen LogP contribution in [0.1, 0.15) is 25.7 Å². The Kier molecular flexibility index (Phi) is 4.58. The Morgan fingerprint density at radius 3 is 2.66 bits per heavy atom. The number of rotatable bonds is 4. The van der Waals surface area contributed by atoms with Crippen LogP contribution in [0.15, 0.2) is 54.6 Å². The van der Waals surface area contributed by atoms with E-state index < -0.39 is 0 Å². The molecular weight excluding hydrogens is 362 g/mol. The lowest BCUT2D eigenvalue weighted by molar-refractivity contribution is -0.135. The van der Waals surface area contributed by atoms with Crippen molar-refractivity contribution in [2.75, 3.05) is 18.4 Å². The number of H-pyrrole nitrogens is 1. The van der Waals surface area contributed by atoms with Crippen LogP contribution in [0.3, 0.4) is 0 Å². The van der Waals surface area contributed by atoms with E-state index in [-0.39, 0.29) is 23.7 Å². The minimum absolute atomic E-state index is 0.00657. The van der Waals surface area contributed by atoms with Gasteiger partial charge in [-0.1, -0.05) is 30.3 Å². The monoisotopic (exact) mass is 387 g/mol. The van der Waals surface area contributed by atoms with Crippen LogP contribution in [0.5, 0.6) is 0 Å². The molecule has 0 spiro atoms. The quantitative estimate of drug-likeness (QED) is 0.696. The van der Waals surface area contributed by atoms with Crippen molar-refractivity contribution < 1.29 is 9.59 Å². The molecule has 5 rings (SSSR count). The number of nitrogens with one attached hydrogen (secondary N) is 2. The Morgan fingerprint density at radius 1 is 0.966 bits per heavy atom. The number of carbonyl (C=O) groups is 2. The molecule has 1 saturated heterocycles. The third-order valence-corrected chi connectivity index (χ3v) is 6.00. The van der Waals surface area contributed by atoms with Gasteiger partial charge in [0.25, 0.3) is 0 Å². The number of nitrogens with zero attached hydrogens (tertiary/aromatic N) is 1. The summed E-state index contributed by atoms with van der Waals surface area (Å²) < 4.78 is 0. The van der Waals surface area contributed by atoms with Crippen LogP contribution in [0.25, 0.3) is 22.2 Å². The number of piperidine rings is 1. The molecule has 2 aromatic carbocycles. The second-order valence-corrected chi connectivity index (χ2v) is 8.24. The lowest BCUT2D eigenvalue weighted by Gasteiger charge is -2.32. The number of anilines is 1. The van der Waals surface area contributed by atoms with Gasteiger partial charge in [-0.15, -0.1) is 0 Å². The van der Waals surface area contributed by atoms with E-state index in [1.165, 1.54) is 5.39 Å². The molecule has 2 amide bonds. The zero-order chi connectivity index (χ0) is 19.8. The molecule has 0 radical (unpaired) electrons. The number of aromatic nitrogens is 1. The highest BCUT2D eigenvalue weighted by molar-refractivity contribution is 5.94. The van der Waals surface area contributed by atoms with Gasteiger partial charge in [-0.05, 0) is 49.9 Å². The van der Waals surface area contributed by atoms with Crippen LogP contribution in [0.4, 0.5) is 5.69 Å². The summed E-state index contributed by atoms with van der Waals surface area (Å²) in [5, 5.41) is 4.24. The minimum atomic E-state index is -0.136. The average Bonchev–Trinajstić information content (AvgIpc) is 3.51. The maximum atomic E-state index is 12.9. The number of aromatic amines is 1. The van der Waals surface area contributed by atoms with E-state index in [1.54, 1.807) is 0 Å². The Balaban J connectivity index is 1.29. The zero-order valence-corrected chi connectivity index (χ0v) is 16.4. The fraction of sp³-hybridized carbons (Fsp3) is 0.333. The summed E-state index contributed by atoms with van der Waals surface area (Å²) >= 11 is 0. The summed E-state index contributed by atoms with van der Waals surface area (Å²) in [7, 11) is 0. The van der Waals surface area contributed by atoms with Crippen molar-refractivity contribution in [1.29, 1.82) is 0 Å². The fourth-order valence-corrected chi connectivity index (χ4v) is 4.22. The van der Waals surface area contributed by atoms with Gasteiger partial charge >= 0.3 is 0 Å². The summed E-state index contributed by atoms with van der Waals surface area (Å²) in [6.07, 6.45) is 3.74. The van der Waals surface area contributed by atoms with E-state index in [2.05, 4.69) is 28.5 Å². The number of likely N-dealkylation sites (tertiary alicyclic amines) is 1. The third-order valence-electron chi connectivity index (χ3n) is 6.00. The molecule has 5 heteroatoms. The van der Waals surface area contributed by atoms with Crippen LogP contribution >= 0.6 is 0 Å². The van der Waals surface area contributed by atoms with E-state index in [0.29, 0.717) is 6.54 Å². The maximum absolute atomic E-state index is 12.9. The zero-order valence-electron chi connectivity index (χ0n) is 16.4. The van der Waals surface area contributed by atoms with E-state index >= 15 is 0 Å². The highest BCUT2D eigenvalue weighted by Crippen LogP contribution is 2.33. The molecule has 2 fully saturated rings. The topological polar surface area (TPSA) is 65.2 Å². The van der Waals surface area contributed by atoms with Crippen molar-refractivity contribution >= 4 is 28.4 Å². The summed E-state index contributed by atoms with van der Waals surface area (Å²) in [5.74, 6) is 0.323. The molecule has 5 nitrogen and oxygen atoms in total. The second kappa shape index (κ2) is 7.39. The normalized spacial score (nSPS) is 19.3.